The Morgan fingerprint density at radius 3 is 2.86 bits per heavy atom. The summed E-state index contributed by atoms with van der Waals surface area (Å²) < 4.78 is 14.2. The third-order valence-electron chi connectivity index (χ3n) is 4.91. The highest BCUT2D eigenvalue weighted by molar-refractivity contribution is 7.22. The van der Waals surface area contributed by atoms with Crippen LogP contribution in [0.3, 0.4) is 0 Å². The molecule has 1 fully saturated rings. The number of anilines is 2. The third kappa shape index (κ3) is 3.61. The van der Waals surface area contributed by atoms with Crippen molar-refractivity contribution in [3.63, 3.8) is 0 Å². The van der Waals surface area contributed by atoms with Crippen LogP contribution < -0.4 is 10.2 Å². The molecule has 1 N–H and O–H groups in total. The summed E-state index contributed by atoms with van der Waals surface area (Å²) in [4.78, 5) is 23.7. The second-order valence-corrected chi connectivity index (χ2v) is 9.10. The van der Waals surface area contributed by atoms with Gasteiger partial charge in [0.05, 0.1) is 26.8 Å². The molecule has 29 heavy (non-hydrogen) atoms. The lowest BCUT2D eigenvalue weighted by Gasteiger charge is -2.37. The van der Waals surface area contributed by atoms with Crippen LogP contribution >= 0.6 is 22.7 Å². The van der Waals surface area contributed by atoms with E-state index in [0.29, 0.717) is 13.1 Å². The molecule has 146 valence electrons. The van der Waals surface area contributed by atoms with Crippen LogP contribution in [0, 0.1) is 18.7 Å². The molecule has 1 aliphatic heterocycles. The molecule has 5 nitrogen and oxygen atoms in total. The maximum absolute atomic E-state index is 13.4. The summed E-state index contributed by atoms with van der Waals surface area (Å²) in [7, 11) is 0. The van der Waals surface area contributed by atoms with Gasteiger partial charge in [-0.25, -0.2) is 14.4 Å². The lowest BCUT2D eigenvalue weighted by molar-refractivity contribution is -0.120. The molecule has 4 aromatic rings. The van der Waals surface area contributed by atoms with Crippen LogP contribution in [0.5, 0.6) is 0 Å². The van der Waals surface area contributed by atoms with E-state index < -0.39 is 0 Å². The van der Waals surface area contributed by atoms with Gasteiger partial charge in [0.1, 0.15) is 5.82 Å². The quantitative estimate of drug-likeness (QED) is 0.504. The van der Waals surface area contributed by atoms with Gasteiger partial charge in [0.25, 0.3) is 0 Å². The van der Waals surface area contributed by atoms with E-state index in [1.807, 2.05) is 36.6 Å². The average molecular weight is 425 g/mol. The molecule has 0 saturated carbocycles. The average Bonchev–Trinajstić information content (AvgIpc) is 3.26. The number of carbonyl (C=O) groups is 1. The van der Waals surface area contributed by atoms with E-state index in [1.54, 1.807) is 17.4 Å². The van der Waals surface area contributed by atoms with Gasteiger partial charge in [-0.1, -0.05) is 23.5 Å². The zero-order valence-electron chi connectivity index (χ0n) is 15.6. The maximum atomic E-state index is 13.4. The highest BCUT2D eigenvalue weighted by Crippen LogP contribution is 2.33. The molecule has 0 spiro atoms. The fraction of sp³-hybridized carbons (Fsp3) is 0.190. The molecule has 0 aliphatic carbocycles. The molecule has 1 aliphatic rings. The number of nitrogens with zero attached hydrogens (tertiary/aromatic N) is 3. The third-order valence-corrected chi connectivity index (χ3v) is 6.76. The fourth-order valence-corrected chi connectivity index (χ4v) is 4.95. The summed E-state index contributed by atoms with van der Waals surface area (Å²) in [5, 5.41) is 6.87. The Morgan fingerprint density at radius 2 is 2.07 bits per heavy atom. The smallest absolute Gasteiger partial charge is 0.231 e. The highest BCUT2D eigenvalue weighted by atomic mass is 32.1. The number of aryl methyl sites for hydroxylation is 1. The first-order valence-electron chi connectivity index (χ1n) is 9.19. The number of fused-ring (bicyclic) bond motifs is 1. The van der Waals surface area contributed by atoms with E-state index in [-0.39, 0.29) is 17.6 Å². The van der Waals surface area contributed by atoms with Crippen LogP contribution in [0.4, 0.5) is 15.2 Å². The summed E-state index contributed by atoms with van der Waals surface area (Å²) in [5.41, 5.74) is 3.47. The summed E-state index contributed by atoms with van der Waals surface area (Å²) in [6, 6.07) is 12.4. The van der Waals surface area contributed by atoms with Crippen molar-refractivity contribution >= 4 is 49.6 Å². The van der Waals surface area contributed by atoms with E-state index in [4.69, 9.17) is 0 Å². The number of carbonyl (C=O) groups excluding carboxylic acids is 1. The number of hydrogen-bond donors (Lipinski definition) is 1. The van der Waals surface area contributed by atoms with Crippen molar-refractivity contribution in [2.24, 2.45) is 5.92 Å². The van der Waals surface area contributed by atoms with Crippen molar-refractivity contribution in [3.05, 3.63) is 58.7 Å². The number of aromatic nitrogens is 2. The van der Waals surface area contributed by atoms with Gasteiger partial charge in [0.2, 0.25) is 5.91 Å². The van der Waals surface area contributed by atoms with Crippen molar-refractivity contribution in [2.75, 3.05) is 23.3 Å². The van der Waals surface area contributed by atoms with Gasteiger partial charge in [-0.2, -0.15) is 0 Å². The molecule has 2 aromatic carbocycles. The van der Waals surface area contributed by atoms with Gasteiger partial charge >= 0.3 is 0 Å². The van der Waals surface area contributed by atoms with E-state index in [1.165, 1.54) is 23.5 Å². The zero-order valence-corrected chi connectivity index (χ0v) is 17.2. The summed E-state index contributed by atoms with van der Waals surface area (Å²) in [6.45, 7) is 3.20. The number of hydrogen-bond acceptors (Lipinski definition) is 6. The van der Waals surface area contributed by atoms with Gasteiger partial charge in [-0.3, -0.25) is 4.79 Å². The topological polar surface area (TPSA) is 58.1 Å². The van der Waals surface area contributed by atoms with Crippen molar-refractivity contribution in [3.8, 4) is 11.3 Å². The predicted octanol–water partition coefficient (Wildman–Crippen LogP) is 4.94. The molecule has 0 bridgehead atoms. The van der Waals surface area contributed by atoms with Crippen molar-refractivity contribution in [2.45, 2.75) is 6.92 Å². The molecule has 2 aromatic heterocycles. The number of nitrogens with one attached hydrogen (secondary N) is 1. The molecule has 0 unspecified atom stereocenters. The lowest BCUT2D eigenvalue weighted by atomic mass is 10.00. The van der Waals surface area contributed by atoms with Gasteiger partial charge in [-0.15, -0.1) is 11.3 Å². The Balaban J connectivity index is 1.23. The predicted molar refractivity (Wildman–Crippen MR) is 116 cm³/mol. The largest absolute Gasteiger partial charge is 0.346 e. The van der Waals surface area contributed by atoms with Gasteiger partial charge in [-0.05, 0) is 37.3 Å². The molecule has 1 saturated heterocycles. The minimum Gasteiger partial charge on any atom is -0.346 e. The number of halogens is 1. The first-order chi connectivity index (χ1) is 14.0. The fourth-order valence-electron chi connectivity index (χ4n) is 3.32. The second kappa shape index (κ2) is 7.20. The van der Waals surface area contributed by atoms with Gasteiger partial charge in [0, 0.05) is 29.7 Å². The van der Waals surface area contributed by atoms with Gasteiger partial charge < -0.3 is 10.2 Å². The number of benzene rings is 2. The van der Waals surface area contributed by atoms with Crippen molar-refractivity contribution in [1.82, 2.24) is 9.97 Å². The molecule has 1 amide bonds. The molecule has 0 atom stereocenters. The van der Waals surface area contributed by atoms with Crippen molar-refractivity contribution in [1.29, 1.82) is 0 Å². The summed E-state index contributed by atoms with van der Waals surface area (Å²) in [5.74, 6) is -0.354. The van der Waals surface area contributed by atoms with Gasteiger partial charge in [0.15, 0.2) is 5.13 Å². The molecule has 0 radical (unpaired) electrons. The number of rotatable bonds is 4. The first kappa shape index (κ1) is 18.2. The Labute approximate surface area is 174 Å². The van der Waals surface area contributed by atoms with Crippen LogP contribution in [0.1, 0.15) is 5.01 Å². The lowest BCUT2D eigenvalue weighted by Crippen LogP contribution is -2.52. The Kier molecular flexibility index (Phi) is 4.52. The molecular formula is C21H17FN4OS2. The monoisotopic (exact) mass is 424 g/mol. The Hall–Kier alpha value is -2.84. The van der Waals surface area contributed by atoms with E-state index in [0.717, 1.165) is 37.3 Å². The SMILES string of the molecule is Cc1nc(-c2cccc(NC(=O)C3CN(c4nc5ccc(F)cc5s4)C3)c2)cs1. The summed E-state index contributed by atoms with van der Waals surface area (Å²) >= 11 is 3.06. The minimum atomic E-state index is -0.261. The normalized spacial score (nSPS) is 14.2. The Bertz CT molecular complexity index is 1210. The van der Waals surface area contributed by atoms with E-state index >= 15 is 0 Å². The van der Waals surface area contributed by atoms with Crippen LogP contribution in [0.2, 0.25) is 0 Å². The van der Waals surface area contributed by atoms with Crippen molar-refractivity contribution < 1.29 is 9.18 Å². The minimum absolute atomic E-state index is 0.0000129. The second-order valence-electron chi connectivity index (χ2n) is 7.03. The molecule has 5 rings (SSSR count). The summed E-state index contributed by atoms with van der Waals surface area (Å²) in [6.07, 6.45) is 0. The highest BCUT2D eigenvalue weighted by Gasteiger charge is 2.34. The zero-order chi connectivity index (χ0) is 20.0. The van der Waals surface area contributed by atoms with Crippen LogP contribution in [-0.2, 0) is 4.79 Å². The maximum Gasteiger partial charge on any atom is 0.231 e. The first-order valence-corrected chi connectivity index (χ1v) is 10.9. The van der Waals surface area contributed by atoms with Crippen LogP contribution in [0.25, 0.3) is 21.5 Å². The van der Waals surface area contributed by atoms with Crippen LogP contribution in [-0.4, -0.2) is 29.0 Å². The molecule has 3 heterocycles. The standard InChI is InChI=1S/C21H17FN4OS2/c1-12-23-18(11-28-12)13-3-2-4-16(7-13)24-20(27)14-9-26(10-14)21-25-17-6-5-15(22)8-19(17)29-21/h2-8,11,14H,9-10H2,1H3,(H,24,27). The van der Waals surface area contributed by atoms with Crippen LogP contribution in [0.15, 0.2) is 47.8 Å². The molecular weight excluding hydrogens is 407 g/mol. The van der Waals surface area contributed by atoms with E-state index in [2.05, 4.69) is 20.2 Å². The number of amides is 1. The molecule has 8 heteroatoms. The van der Waals surface area contributed by atoms with E-state index in [9.17, 15) is 9.18 Å². The Morgan fingerprint density at radius 1 is 1.21 bits per heavy atom. The number of thiazole rings is 2.